The number of nitrogens with zero attached hydrogens (tertiary/aromatic N) is 1. The van der Waals surface area contributed by atoms with Crippen molar-refractivity contribution >= 4 is 0 Å². The van der Waals surface area contributed by atoms with Crippen LogP contribution in [0.1, 0.15) is 45.7 Å². The topological polar surface area (TPSA) is 38.9 Å². The maximum atomic E-state index is 6.20. The average Bonchev–Trinajstić information content (AvgIpc) is 2.15. The summed E-state index contributed by atoms with van der Waals surface area (Å²) >= 11 is 0. The normalized spacial score (nSPS) is 16.1. The second-order valence-electron chi connectivity index (χ2n) is 5.47. The van der Waals surface area contributed by atoms with Crippen molar-refractivity contribution in [2.75, 3.05) is 0 Å². The van der Waals surface area contributed by atoms with E-state index in [0.717, 1.165) is 12.1 Å². The van der Waals surface area contributed by atoms with Gasteiger partial charge in [-0.25, -0.2) is 0 Å². The van der Waals surface area contributed by atoms with Crippen molar-refractivity contribution in [3.63, 3.8) is 0 Å². The predicted molar refractivity (Wildman–Crippen MR) is 64.7 cm³/mol. The molecule has 2 atom stereocenters. The van der Waals surface area contributed by atoms with Crippen molar-refractivity contribution in [2.45, 2.75) is 46.1 Å². The molecule has 0 fully saturated rings. The summed E-state index contributed by atoms with van der Waals surface area (Å²) in [6.07, 6.45) is 2.85. The van der Waals surface area contributed by atoms with E-state index >= 15 is 0 Å². The largest absolute Gasteiger partial charge is 0.327 e. The second kappa shape index (κ2) is 4.75. The monoisotopic (exact) mass is 206 g/mol. The van der Waals surface area contributed by atoms with E-state index in [1.165, 1.54) is 0 Å². The number of hydrogen-bond acceptors (Lipinski definition) is 2. The lowest BCUT2D eigenvalue weighted by molar-refractivity contribution is 0.319. The van der Waals surface area contributed by atoms with Crippen LogP contribution in [0.3, 0.4) is 0 Å². The van der Waals surface area contributed by atoms with Crippen LogP contribution in [0, 0.1) is 5.41 Å². The first-order valence-electron chi connectivity index (χ1n) is 5.56. The molecule has 2 heteroatoms. The summed E-state index contributed by atoms with van der Waals surface area (Å²) in [7, 11) is 0. The van der Waals surface area contributed by atoms with Crippen LogP contribution in [-0.4, -0.2) is 11.0 Å². The second-order valence-corrected chi connectivity index (χ2v) is 5.47. The summed E-state index contributed by atoms with van der Waals surface area (Å²) in [5, 5.41) is 0. The van der Waals surface area contributed by atoms with E-state index in [-0.39, 0.29) is 11.5 Å². The van der Waals surface area contributed by atoms with Crippen LogP contribution < -0.4 is 5.73 Å². The Labute approximate surface area is 92.9 Å². The summed E-state index contributed by atoms with van der Waals surface area (Å²) in [5.74, 6) is 0.324. The number of hydrogen-bond donors (Lipinski definition) is 1. The Balaban J connectivity index is 2.65. The van der Waals surface area contributed by atoms with Gasteiger partial charge in [-0.3, -0.25) is 4.98 Å². The highest BCUT2D eigenvalue weighted by Crippen LogP contribution is 2.26. The van der Waals surface area contributed by atoms with Gasteiger partial charge in [-0.05, 0) is 24.0 Å². The molecule has 1 rings (SSSR count). The minimum atomic E-state index is 0.180. The van der Waals surface area contributed by atoms with E-state index in [0.29, 0.717) is 5.92 Å². The third-order valence-corrected chi connectivity index (χ3v) is 2.64. The highest BCUT2D eigenvalue weighted by Gasteiger charge is 2.21. The maximum Gasteiger partial charge on any atom is 0.0447 e. The molecule has 0 aromatic carbocycles. The Morgan fingerprint density at radius 1 is 1.33 bits per heavy atom. The molecular weight excluding hydrogens is 184 g/mol. The molecule has 0 saturated carbocycles. The molecule has 0 spiro atoms. The number of pyridine rings is 1. The van der Waals surface area contributed by atoms with Gasteiger partial charge in [-0.15, -0.1) is 0 Å². The molecule has 0 amide bonds. The molecule has 1 aromatic rings. The van der Waals surface area contributed by atoms with Gasteiger partial charge in [-0.1, -0.05) is 33.8 Å². The molecule has 0 saturated heterocycles. The van der Waals surface area contributed by atoms with Crippen LogP contribution in [0.2, 0.25) is 0 Å². The molecule has 1 aromatic heterocycles. The Hall–Kier alpha value is -0.890. The van der Waals surface area contributed by atoms with Crippen LogP contribution in [0.4, 0.5) is 0 Å². The summed E-state index contributed by atoms with van der Waals surface area (Å²) in [4.78, 5) is 4.35. The van der Waals surface area contributed by atoms with Crippen molar-refractivity contribution in [2.24, 2.45) is 11.1 Å². The van der Waals surface area contributed by atoms with Crippen LogP contribution in [0.25, 0.3) is 0 Å². The third-order valence-electron chi connectivity index (χ3n) is 2.64. The summed E-state index contributed by atoms with van der Waals surface area (Å²) < 4.78 is 0. The molecule has 0 bridgehead atoms. The van der Waals surface area contributed by atoms with Gasteiger partial charge in [0.2, 0.25) is 0 Å². The first kappa shape index (κ1) is 12.2. The van der Waals surface area contributed by atoms with E-state index in [2.05, 4.69) is 32.7 Å². The van der Waals surface area contributed by atoms with Crippen molar-refractivity contribution in [3.05, 3.63) is 30.1 Å². The number of rotatable bonds is 3. The fourth-order valence-corrected chi connectivity index (χ4v) is 1.75. The minimum Gasteiger partial charge on any atom is -0.327 e. The Morgan fingerprint density at radius 3 is 2.47 bits per heavy atom. The van der Waals surface area contributed by atoms with Crippen molar-refractivity contribution in [1.82, 2.24) is 4.98 Å². The van der Waals surface area contributed by atoms with Gasteiger partial charge in [0.05, 0.1) is 0 Å². The molecule has 0 aliphatic rings. The molecule has 2 unspecified atom stereocenters. The van der Waals surface area contributed by atoms with Crippen LogP contribution >= 0.6 is 0 Å². The zero-order valence-electron chi connectivity index (χ0n) is 10.2. The van der Waals surface area contributed by atoms with Gasteiger partial charge in [0.25, 0.3) is 0 Å². The molecular formula is C13H22N2. The Bertz CT molecular complexity index is 287. The lowest BCUT2D eigenvalue weighted by atomic mass is 9.83. The van der Waals surface area contributed by atoms with E-state index < -0.39 is 0 Å². The lowest BCUT2D eigenvalue weighted by Crippen LogP contribution is -2.31. The summed E-state index contributed by atoms with van der Waals surface area (Å²) in [6, 6.07) is 6.18. The highest BCUT2D eigenvalue weighted by molar-refractivity contribution is 5.10. The van der Waals surface area contributed by atoms with Crippen LogP contribution in [0.15, 0.2) is 24.4 Å². The first-order chi connectivity index (χ1) is 6.90. The smallest absolute Gasteiger partial charge is 0.0447 e. The van der Waals surface area contributed by atoms with Crippen molar-refractivity contribution < 1.29 is 0 Å². The Morgan fingerprint density at radius 2 is 2.00 bits per heavy atom. The molecule has 15 heavy (non-hydrogen) atoms. The standard InChI is InChI=1S/C13H22N2/c1-10(11(14)9-13(2,3)4)12-7-5-6-8-15-12/h5-8,10-11H,9,14H2,1-4H3. The molecule has 84 valence electrons. The van der Waals surface area contributed by atoms with Gasteiger partial charge in [0.1, 0.15) is 0 Å². The van der Waals surface area contributed by atoms with Crippen molar-refractivity contribution in [1.29, 1.82) is 0 Å². The van der Waals surface area contributed by atoms with Crippen LogP contribution in [-0.2, 0) is 0 Å². The van der Waals surface area contributed by atoms with Gasteiger partial charge in [-0.2, -0.15) is 0 Å². The molecule has 0 aliphatic heterocycles. The van der Waals surface area contributed by atoms with Gasteiger partial charge < -0.3 is 5.73 Å². The van der Waals surface area contributed by atoms with Gasteiger partial charge in [0, 0.05) is 23.9 Å². The highest BCUT2D eigenvalue weighted by atomic mass is 14.7. The average molecular weight is 206 g/mol. The fourth-order valence-electron chi connectivity index (χ4n) is 1.75. The van der Waals surface area contributed by atoms with E-state index in [1.807, 2.05) is 24.4 Å². The molecule has 2 nitrogen and oxygen atoms in total. The third kappa shape index (κ3) is 4.00. The van der Waals surface area contributed by atoms with E-state index in [1.54, 1.807) is 0 Å². The lowest BCUT2D eigenvalue weighted by Gasteiger charge is -2.27. The van der Waals surface area contributed by atoms with E-state index in [9.17, 15) is 0 Å². The van der Waals surface area contributed by atoms with E-state index in [4.69, 9.17) is 5.73 Å². The SMILES string of the molecule is CC(c1ccccn1)C(N)CC(C)(C)C. The molecule has 2 N–H and O–H groups in total. The van der Waals surface area contributed by atoms with Gasteiger partial charge >= 0.3 is 0 Å². The summed E-state index contributed by atoms with van der Waals surface area (Å²) in [5.41, 5.74) is 7.57. The minimum absolute atomic E-state index is 0.180. The Kier molecular flexibility index (Phi) is 3.86. The zero-order chi connectivity index (χ0) is 11.5. The quantitative estimate of drug-likeness (QED) is 0.825. The zero-order valence-corrected chi connectivity index (χ0v) is 10.2. The molecule has 0 radical (unpaired) electrons. The molecule has 0 aliphatic carbocycles. The van der Waals surface area contributed by atoms with Crippen molar-refractivity contribution in [3.8, 4) is 0 Å². The number of aromatic nitrogens is 1. The number of nitrogens with two attached hydrogens (primary N) is 1. The first-order valence-corrected chi connectivity index (χ1v) is 5.56. The maximum absolute atomic E-state index is 6.20. The van der Waals surface area contributed by atoms with Gasteiger partial charge in [0.15, 0.2) is 0 Å². The molecule has 1 heterocycles. The summed E-state index contributed by atoms with van der Waals surface area (Å²) in [6.45, 7) is 8.81. The van der Waals surface area contributed by atoms with Crippen LogP contribution in [0.5, 0.6) is 0 Å². The fraction of sp³-hybridized carbons (Fsp3) is 0.615. The predicted octanol–water partition coefficient (Wildman–Crippen LogP) is 2.95.